The van der Waals surface area contributed by atoms with Gasteiger partial charge in [-0.05, 0) is 18.1 Å². The summed E-state index contributed by atoms with van der Waals surface area (Å²) in [6.45, 7) is 5.18. The second kappa shape index (κ2) is 4.27. The quantitative estimate of drug-likeness (QED) is 0.463. The first kappa shape index (κ1) is 9.42. The number of hydrogen-bond acceptors (Lipinski definition) is 1. The van der Waals surface area contributed by atoms with Crippen LogP contribution in [0.4, 0.5) is 0 Å². The summed E-state index contributed by atoms with van der Waals surface area (Å²) in [4.78, 5) is 0. The van der Waals surface area contributed by atoms with Crippen LogP contribution in [0.1, 0.15) is 13.8 Å². The van der Waals surface area contributed by atoms with Gasteiger partial charge in [0, 0.05) is 6.54 Å². The molecule has 54 valence electrons. The predicted octanol–water partition coefficient (Wildman–Crippen LogP) is 1.54. The number of hydrogen-bond donors (Lipinski definition) is 1. The van der Waals surface area contributed by atoms with Gasteiger partial charge in [0.25, 0.3) is 0 Å². The Hall–Kier alpha value is 0.420. The maximum atomic E-state index is 5.33. The van der Waals surface area contributed by atoms with Crippen LogP contribution in [0, 0.1) is 5.92 Å². The van der Waals surface area contributed by atoms with Gasteiger partial charge in [-0.15, -0.1) is 0 Å². The van der Waals surface area contributed by atoms with E-state index in [4.69, 9.17) is 18.0 Å². The van der Waals surface area contributed by atoms with Crippen molar-refractivity contribution in [3.8, 4) is 0 Å². The lowest BCUT2D eigenvalue weighted by Gasteiger charge is -2.15. The van der Waals surface area contributed by atoms with Crippen LogP contribution in [0.3, 0.4) is 0 Å². The molecule has 2 N–H and O–H groups in total. The molecule has 2 nitrogen and oxygen atoms in total. The van der Waals surface area contributed by atoms with Gasteiger partial charge in [-0.3, -0.25) is 3.11 Å². The molecule has 0 aromatic carbocycles. The molecule has 0 atom stereocenters. The molecule has 0 aromatic heterocycles. The van der Waals surface area contributed by atoms with Crippen LogP contribution < -0.4 is 5.73 Å². The third kappa shape index (κ3) is 4.90. The number of halogens is 1. The van der Waals surface area contributed by atoms with E-state index in [0.29, 0.717) is 11.0 Å². The first-order valence-corrected chi connectivity index (χ1v) is 4.14. The maximum absolute atomic E-state index is 5.33. The molecule has 0 saturated heterocycles. The minimum atomic E-state index is 0.462. The fraction of sp³-hybridized carbons (Fsp3) is 0.800. The Bertz CT molecular complexity index is 105. The minimum Gasteiger partial charge on any atom is -0.376 e. The van der Waals surface area contributed by atoms with Crippen LogP contribution in [0.2, 0.25) is 0 Å². The maximum Gasteiger partial charge on any atom is 0.175 e. The number of nitrogens with zero attached hydrogens (tertiary/aromatic N) is 1. The van der Waals surface area contributed by atoms with Crippen molar-refractivity contribution in [3.05, 3.63) is 0 Å². The summed E-state index contributed by atoms with van der Waals surface area (Å²) in [5, 5.41) is 0.462. The average molecular weight is 258 g/mol. The Morgan fingerprint density at radius 1 is 1.78 bits per heavy atom. The molecule has 0 amide bonds. The van der Waals surface area contributed by atoms with Crippen molar-refractivity contribution < 1.29 is 0 Å². The summed E-state index contributed by atoms with van der Waals surface area (Å²) in [5.41, 5.74) is 5.33. The molecule has 0 aromatic rings. The second-order valence-electron chi connectivity index (χ2n) is 2.28. The van der Waals surface area contributed by atoms with Crippen LogP contribution in [-0.4, -0.2) is 14.8 Å². The van der Waals surface area contributed by atoms with E-state index in [1.54, 1.807) is 0 Å². The van der Waals surface area contributed by atoms with E-state index in [1.807, 2.05) is 3.11 Å². The van der Waals surface area contributed by atoms with Crippen LogP contribution >= 0.6 is 35.1 Å². The van der Waals surface area contributed by atoms with Crippen LogP contribution in [0.5, 0.6) is 0 Å². The zero-order chi connectivity index (χ0) is 7.44. The summed E-state index contributed by atoms with van der Waals surface area (Å²) in [6, 6.07) is 0. The molecule has 0 unspecified atom stereocenters. The molecule has 0 saturated carbocycles. The highest BCUT2D eigenvalue weighted by Crippen LogP contribution is 2.03. The lowest BCUT2D eigenvalue weighted by atomic mass is 10.2. The van der Waals surface area contributed by atoms with Crippen molar-refractivity contribution in [2.24, 2.45) is 11.7 Å². The van der Waals surface area contributed by atoms with E-state index in [9.17, 15) is 0 Å². The summed E-state index contributed by atoms with van der Waals surface area (Å²) < 4.78 is 1.84. The fourth-order valence-corrected chi connectivity index (χ4v) is 1.27. The third-order valence-corrected chi connectivity index (χ3v) is 2.23. The monoisotopic (exact) mass is 258 g/mol. The van der Waals surface area contributed by atoms with Crippen molar-refractivity contribution in [2.45, 2.75) is 13.8 Å². The molecule has 0 aliphatic carbocycles. The van der Waals surface area contributed by atoms with Crippen molar-refractivity contribution in [1.82, 2.24) is 3.11 Å². The van der Waals surface area contributed by atoms with E-state index >= 15 is 0 Å². The summed E-state index contributed by atoms with van der Waals surface area (Å²) in [7, 11) is 0. The Morgan fingerprint density at radius 3 is 2.33 bits per heavy atom. The number of rotatable bonds is 2. The molecule has 0 radical (unpaired) electrons. The molecule has 0 heterocycles. The molecule has 0 spiro atoms. The van der Waals surface area contributed by atoms with E-state index in [2.05, 4.69) is 36.7 Å². The molecule has 4 heteroatoms. The zero-order valence-corrected chi connectivity index (χ0v) is 8.57. The van der Waals surface area contributed by atoms with Gasteiger partial charge in [-0.25, -0.2) is 0 Å². The van der Waals surface area contributed by atoms with E-state index < -0.39 is 0 Å². The van der Waals surface area contributed by atoms with Crippen LogP contribution in [0.25, 0.3) is 0 Å². The first-order chi connectivity index (χ1) is 4.04. The first-order valence-electron chi connectivity index (χ1n) is 2.76. The summed E-state index contributed by atoms with van der Waals surface area (Å²) in [6.07, 6.45) is 0. The highest BCUT2D eigenvalue weighted by atomic mass is 127. The zero-order valence-electron chi connectivity index (χ0n) is 5.60. The SMILES string of the molecule is CC(C)CN(I)C(N)=S. The van der Waals surface area contributed by atoms with Gasteiger partial charge >= 0.3 is 0 Å². The molecule has 0 rings (SSSR count). The summed E-state index contributed by atoms with van der Waals surface area (Å²) >= 11 is 6.85. The largest absolute Gasteiger partial charge is 0.376 e. The van der Waals surface area contributed by atoms with E-state index in [0.717, 1.165) is 6.54 Å². The van der Waals surface area contributed by atoms with Crippen LogP contribution in [-0.2, 0) is 0 Å². The minimum absolute atomic E-state index is 0.462. The van der Waals surface area contributed by atoms with E-state index in [-0.39, 0.29) is 0 Å². The van der Waals surface area contributed by atoms with E-state index in [1.165, 1.54) is 0 Å². The molecule has 0 aliphatic heterocycles. The molecular formula is C5H11IN2S. The fourth-order valence-electron chi connectivity index (χ4n) is 0.411. The molecule has 0 bridgehead atoms. The Labute approximate surface area is 75.3 Å². The lowest BCUT2D eigenvalue weighted by molar-refractivity contribution is 0.548. The van der Waals surface area contributed by atoms with Gasteiger partial charge in [0.2, 0.25) is 0 Å². The highest BCUT2D eigenvalue weighted by molar-refractivity contribution is 14.1. The van der Waals surface area contributed by atoms with Gasteiger partial charge in [0.1, 0.15) is 0 Å². The van der Waals surface area contributed by atoms with Crippen molar-refractivity contribution in [3.63, 3.8) is 0 Å². The van der Waals surface area contributed by atoms with Crippen molar-refractivity contribution in [1.29, 1.82) is 0 Å². The molecule has 0 fully saturated rings. The Morgan fingerprint density at radius 2 is 2.22 bits per heavy atom. The predicted molar refractivity (Wildman–Crippen MR) is 52.3 cm³/mol. The van der Waals surface area contributed by atoms with Gasteiger partial charge in [-0.2, -0.15) is 0 Å². The van der Waals surface area contributed by atoms with Gasteiger partial charge < -0.3 is 5.73 Å². The topological polar surface area (TPSA) is 29.3 Å². The van der Waals surface area contributed by atoms with Gasteiger partial charge in [0.05, 0.1) is 22.9 Å². The van der Waals surface area contributed by atoms with Gasteiger partial charge in [-0.1, -0.05) is 13.8 Å². The highest BCUT2D eigenvalue weighted by Gasteiger charge is 2.02. The lowest BCUT2D eigenvalue weighted by Crippen LogP contribution is -2.29. The number of thiocarbonyl (C=S) groups is 1. The molecular weight excluding hydrogens is 247 g/mol. The Balaban J connectivity index is 3.50. The molecule has 9 heavy (non-hydrogen) atoms. The van der Waals surface area contributed by atoms with Crippen LogP contribution in [0.15, 0.2) is 0 Å². The van der Waals surface area contributed by atoms with Crippen molar-refractivity contribution >= 4 is 40.2 Å². The average Bonchev–Trinajstić information content (AvgIpc) is 1.63. The second-order valence-corrected chi connectivity index (χ2v) is 3.86. The Kier molecular flexibility index (Phi) is 4.47. The standard InChI is InChI=1S/C5H11IN2S/c1-4(2)3-8(6)5(7)9/h4H,3H2,1-2H3,(H2,7,9). The van der Waals surface area contributed by atoms with Gasteiger partial charge in [0.15, 0.2) is 5.11 Å². The third-order valence-electron chi connectivity index (χ3n) is 0.765. The smallest absolute Gasteiger partial charge is 0.175 e. The molecule has 0 aliphatic rings. The number of nitrogens with two attached hydrogens (primary N) is 1. The normalized spacial score (nSPS) is 9.78. The summed E-state index contributed by atoms with van der Waals surface area (Å²) in [5.74, 6) is 0.614. The van der Waals surface area contributed by atoms with Crippen molar-refractivity contribution in [2.75, 3.05) is 6.54 Å².